The van der Waals surface area contributed by atoms with Crippen LogP contribution in [-0.2, 0) is 6.42 Å². The molecule has 4 nitrogen and oxygen atoms in total. The molecule has 0 aliphatic rings. The van der Waals surface area contributed by atoms with Crippen molar-refractivity contribution >= 4 is 0 Å². The molecule has 0 aliphatic carbocycles. The summed E-state index contributed by atoms with van der Waals surface area (Å²) in [6.45, 7) is 4.18. The minimum Gasteiger partial charge on any atom is -0.496 e. The fourth-order valence-electron chi connectivity index (χ4n) is 2.15. The molecule has 0 aliphatic heterocycles. The monoisotopic (exact) mass is 266 g/mol. The first-order chi connectivity index (χ1) is 9.06. The number of nitrogens with two attached hydrogens (primary N) is 1. The van der Waals surface area contributed by atoms with Crippen molar-refractivity contribution < 1.29 is 9.84 Å². The number of methoxy groups -OCH3 is 1. The van der Waals surface area contributed by atoms with Crippen LogP contribution in [0.5, 0.6) is 5.75 Å². The highest BCUT2D eigenvalue weighted by Crippen LogP contribution is 2.18. The Morgan fingerprint density at radius 3 is 2.74 bits per heavy atom. The van der Waals surface area contributed by atoms with Crippen LogP contribution >= 0.6 is 0 Å². The van der Waals surface area contributed by atoms with Gasteiger partial charge in [-0.1, -0.05) is 12.1 Å². The van der Waals surface area contributed by atoms with Crippen LogP contribution in [0.2, 0.25) is 0 Å². The maximum absolute atomic E-state index is 9.69. The maximum atomic E-state index is 9.69. The van der Waals surface area contributed by atoms with Crippen molar-refractivity contribution in [1.29, 1.82) is 0 Å². The predicted molar refractivity (Wildman–Crippen MR) is 78.6 cm³/mol. The topological polar surface area (TPSA) is 58.7 Å². The van der Waals surface area contributed by atoms with E-state index in [9.17, 15) is 5.11 Å². The molecule has 0 bridgehead atoms. The third-order valence-electron chi connectivity index (χ3n) is 3.26. The molecule has 4 heteroatoms. The van der Waals surface area contributed by atoms with Gasteiger partial charge in [0.2, 0.25) is 0 Å². The first-order valence-corrected chi connectivity index (χ1v) is 6.77. The second-order valence-corrected chi connectivity index (χ2v) is 5.05. The summed E-state index contributed by atoms with van der Waals surface area (Å²) in [7, 11) is 3.71. The molecule has 0 fully saturated rings. The van der Waals surface area contributed by atoms with Crippen LogP contribution in [0.25, 0.3) is 0 Å². The van der Waals surface area contributed by atoms with E-state index in [0.717, 1.165) is 24.3 Å². The molecule has 1 rings (SSSR count). The molecule has 0 aromatic heterocycles. The Kier molecular flexibility index (Phi) is 6.84. The molecule has 19 heavy (non-hydrogen) atoms. The fourth-order valence-corrected chi connectivity index (χ4v) is 2.15. The zero-order valence-corrected chi connectivity index (χ0v) is 12.2. The number of benzene rings is 1. The number of rotatable bonds is 8. The van der Waals surface area contributed by atoms with Gasteiger partial charge in [0, 0.05) is 13.1 Å². The van der Waals surface area contributed by atoms with Gasteiger partial charge in [-0.2, -0.15) is 0 Å². The summed E-state index contributed by atoms with van der Waals surface area (Å²) in [4.78, 5) is 2.14. The largest absolute Gasteiger partial charge is 0.496 e. The average Bonchev–Trinajstić information content (AvgIpc) is 2.36. The molecule has 1 atom stereocenters. The Labute approximate surface area is 116 Å². The van der Waals surface area contributed by atoms with E-state index in [4.69, 9.17) is 10.5 Å². The molecular weight excluding hydrogens is 240 g/mol. The third-order valence-corrected chi connectivity index (χ3v) is 3.26. The lowest BCUT2D eigenvalue weighted by molar-refractivity contribution is 0.120. The summed E-state index contributed by atoms with van der Waals surface area (Å²) in [6, 6.07) is 6.26. The molecule has 1 aromatic rings. The van der Waals surface area contributed by atoms with Gasteiger partial charge in [-0.25, -0.2) is 0 Å². The van der Waals surface area contributed by atoms with Gasteiger partial charge in [0.15, 0.2) is 0 Å². The average molecular weight is 266 g/mol. The summed E-state index contributed by atoms with van der Waals surface area (Å²) >= 11 is 0. The molecule has 0 radical (unpaired) electrons. The SMILES string of the molecule is COc1ccc(CCN(C)CC(O)CCN)cc1C. The zero-order chi connectivity index (χ0) is 14.3. The van der Waals surface area contributed by atoms with E-state index in [0.29, 0.717) is 19.5 Å². The second kappa shape index (κ2) is 8.15. The molecule has 0 amide bonds. The zero-order valence-electron chi connectivity index (χ0n) is 12.2. The quantitative estimate of drug-likeness (QED) is 0.742. The number of aliphatic hydroxyl groups excluding tert-OH is 1. The van der Waals surface area contributed by atoms with Gasteiger partial charge in [0.1, 0.15) is 5.75 Å². The van der Waals surface area contributed by atoms with Crippen molar-refractivity contribution in [2.24, 2.45) is 5.73 Å². The van der Waals surface area contributed by atoms with E-state index in [2.05, 4.69) is 24.0 Å². The van der Waals surface area contributed by atoms with Gasteiger partial charge >= 0.3 is 0 Å². The van der Waals surface area contributed by atoms with Gasteiger partial charge in [-0.05, 0) is 50.6 Å². The standard InChI is InChI=1S/C15H26N2O2/c1-12-10-13(4-5-15(12)19-3)7-9-17(2)11-14(18)6-8-16/h4-5,10,14,18H,6-9,11,16H2,1-3H3. The number of hydrogen-bond donors (Lipinski definition) is 2. The van der Waals surface area contributed by atoms with Crippen LogP contribution < -0.4 is 10.5 Å². The Morgan fingerprint density at radius 2 is 2.16 bits per heavy atom. The summed E-state index contributed by atoms with van der Waals surface area (Å²) in [5, 5.41) is 9.69. The van der Waals surface area contributed by atoms with Gasteiger partial charge in [0.25, 0.3) is 0 Å². The number of hydrogen-bond acceptors (Lipinski definition) is 4. The van der Waals surface area contributed by atoms with Crippen LogP contribution in [0, 0.1) is 6.92 Å². The third kappa shape index (κ3) is 5.59. The highest BCUT2D eigenvalue weighted by molar-refractivity contribution is 5.36. The summed E-state index contributed by atoms with van der Waals surface area (Å²) in [6.07, 6.45) is 1.30. The van der Waals surface area contributed by atoms with Crippen LogP contribution in [-0.4, -0.2) is 49.9 Å². The molecule has 108 valence electrons. The minimum atomic E-state index is -0.326. The number of aliphatic hydroxyl groups is 1. The van der Waals surface area contributed by atoms with Gasteiger partial charge in [-0.3, -0.25) is 0 Å². The van der Waals surface area contributed by atoms with Crippen molar-refractivity contribution in [3.8, 4) is 5.75 Å². The van der Waals surface area contributed by atoms with Crippen molar-refractivity contribution in [1.82, 2.24) is 4.90 Å². The molecule has 0 saturated carbocycles. The molecule has 1 unspecified atom stereocenters. The number of aryl methyl sites for hydroxylation is 1. The lowest BCUT2D eigenvalue weighted by Gasteiger charge is -2.20. The van der Waals surface area contributed by atoms with Crippen LogP contribution in [0.3, 0.4) is 0 Å². The van der Waals surface area contributed by atoms with E-state index in [1.807, 2.05) is 13.1 Å². The first kappa shape index (κ1) is 16.0. The van der Waals surface area contributed by atoms with Crippen LogP contribution in [0.4, 0.5) is 0 Å². The Balaban J connectivity index is 2.41. The summed E-state index contributed by atoms with van der Waals surface area (Å²) < 4.78 is 5.25. The lowest BCUT2D eigenvalue weighted by Crippen LogP contribution is -2.32. The van der Waals surface area contributed by atoms with Crippen molar-refractivity contribution in [3.05, 3.63) is 29.3 Å². The van der Waals surface area contributed by atoms with E-state index in [1.165, 1.54) is 5.56 Å². The van der Waals surface area contributed by atoms with Gasteiger partial charge in [-0.15, -0.1) is 0 Å². The number of nitrogens with zero attached hydrogens (tertiary/aromatic N) is 1. The summed E-state index contributed by atoms with van der Waals surface area (Å²) in [5.74, 6) is 0.926. The van der Waals surface area contributed by atoms with E-state index in [1.54, 1.807) is 7.11 Å². The predicted octanol–water partition coefficient (Wildman–Crippen LogP) is 1.19. The fraction of sp³-hybridized carbons (Fsp3) is 0.600. The maximum Gasteiger partial charge on any atom is 0.121 e. The van der Waals surface area contributed by atoms with E-state index < -0.39 is 0 Å². The van der Waals surface area contributed by atoms with E-state index in [-0.39, 0.29) is 6.10 Å². The summed E-state index contributed by atoms with van der Waals surface area (Å²) in [5.41, 5.74) is 7.87. The highest BCUT2D eigenvalue weighted by Gasteiger charge is 2.07. The molecule has 0 saturated heterocycles. The Bertz CT molecular complexity index is 382. The number of likely N-dealkylation sites (N-methyl/N-ethyl adjacent to an activating group) is 1. The van der Waals surface area contributed by atoms with Crippen LogP contribution in [0.15, 0.2) is 18.2 Å². The molecule has 3 N–H and O–H groups in total. The minimum absolute atomic E-state index is 0.326. The highest BCUT2D eigenvalue weighted by atomic mass is 16.5. The van der Waals surface area contributed by atoms with Crippen molar-refractivity contribution in [2.45, 2.75) is 25.9 Å². The van der Waals surface area contributed by atoms with E-state index >= 15 is 0 Å². The lowest BCUT2D eigenvalue weighted by atomic mass is 10.1. The Hall–Kier alpha value is -1.10. The molecule has 0 spiro atoms. The normalized spacial score (nSPS) is 12.7. The second-order valence-electron chi connectivity index (χ2n) is 5.05. The van der Waals surface area contributed by atoms with Crippen molar-refractivity contribution in [2.75, 3.05) is 33.8 Å². The molecular formula is C15H26N2O2. The van der Waals surface area contributed by atoms with Gasteiger partial charge in [0.05, 0.1) is 13.2 Å². The number of ether oxygens (including phenoxy) is 1. The first-order valence-electron chi connectivity index (χ1n) is 6.77. The van der Waals surface area contributed by atoms with Crippen molar-refractivity contribution in [3.63, 3.8) is 0 Å². The van der Waals surface area contributed by atoms with Crippen LogP contribution in [0.1, 0.15) is 17.5 Å². The smallest absolute Gasteiger partial charge is 0.121 e. The Morgan fingerprint density at radius 1 is 1.42 bits per heavy atom. The molecule has 0 heterocycles. The van der Waals surface area contributed by atoms with Gasteiger partial charge < -0.3 is 20.5 Å². The molecule has 1 aromatic carbocycles.